The standard InChI is InChI=1S/C13H28N2S/c1-5-13-9-14-12(8-11(2)3)10-15(13)6-7-16-4/h11-14H,5-10H2,1-4H3. The van der Waals surface area contributed by atoms with Crippen LogP contribution in [0.4, 0.5) is 0 Å². The van der Waals surface area contributed by atoms with Crippen molar-refractivity contribution >= 4 is 11.8 Å². The van der Waals surface area contributed by atoms with Crippen molar-refractivity contribution in [2.24, 2.45) is 5.92 Å². The zero-order valence-electron chi connectivity index (χ0n) is 11.3. The lowest BCUT2D eigenvalue weighted by Gasteiger charge is -2.40. The molecule has 0 radical (unpaired) electrons. The largest absolute Gasteiger partial charge is 0.311 e. The van der Waals surface area contributed by atoms with Crippen molar-refractivity contribution in [2.45, 2.75) is 45.7 Å². The molecule has 3 heteroatoms. The van der Waals surface area contributed by atoms with Gasteiger partial charge in [-0.3, -0.25) is 4.90 Å². The van der Waals surface area contributed by atoms with Gasteiger partial charge in [0.2, 0.25) is 0 Å². The minimum absolute atomic E-state index is 0.713. The molecule has 0 aromatic carbocycles. The predicted octanol–water partition coefficient (Wildman–Crippen LogP) is 2.45. The van der Waals surface area contributed by atoms with Gasteiger partial charge >= 0.3 is 0 Å². The fraction of sp³-hybridized carbons (Fsp3) is 1.00. The third-order valence-electron chi connectivity index (χ3n) is 3.42. The summed E-state index contributed by atoms with van der Waals surface area (Å²) in [7, 11) is 0. The molecule has 1 rings (SSSR count). The van der Waals surface area contributed by atoms with Crippen molar-refractivity contribution in [3.05, 3.63) is 0 Å². The molecule has 96 valence electrons. The summed E-state index contributed by atoms with van der Waals surface area (Å²) >= 11 is 1.96. The molecular weight excluding hydrogens is 216 g/mol. The van der Waals surface area contributed by atoms with Gasteiger partial charge in [0.25, 0.3) is 0 Å². The molecule has 1 aliphatic heterocycles. The van der Waals surface area contributed by atoms with Crippen molar-refractivity contribution < 1.29 is 0 Å². The Morgan fingerprint density at radius 3 is 2.75 bits per heavy atom. The fourth-order valence-electron chi connectivity index (χ4n) is 2.54. The minimum Gasteiger partial charge on any atom is -0.311 e. The van der Waals surface area contributed by atoms with Gasteiger partial charge in [-0.1, -0.05) is 20.8 Å². The Balaban J connectivity index is 2.41. The maximum Gasteiger partial charge on any atom is 0.0219 e. The molecule has 0 aromatic rings. The third kappa shape index (κ3) is 4.64. The third-order valence-corrected chi connectivity index (χ3v) is 4.01. The van der Waals surface area contributed by atoms with Crippen LogP contribution in [0.15, 0.2) is 0 Å². The van der Waals surface area contributed by atoms with Gasteiger partial charge in [0, 0.05) is 37.5 Å². The van der Waals surface area contributed by atoms with Gasteiger partial charge in [0.05, 0.1) is 0 Å². The first kappa shape index (κ1) is 14.3. The summed E-state index contributed by atoms with van der Waals surface area (Å²) in [6.45, 7) is 10.6. The Bertz CT molecular complexity index is 185. The lowest BCUT2D eigenvalue weighted by molar-refractivity contribution is 0.126. The molecule has 0 spiro atoms. The van der Waals surface area contributed by atoms with E-state index in [1.54, 1.807) is 0 Å². The van der Waals surface area contributed by atoms with Crippen molar-refractivity contribution in [3.8, 4) is 0 Å². The second-order valence-corrected chi connectivity index (χ2v) is 6.27. The SMILES string of the molecule is CCC1CNC(CC(C)C)CN1CCSC. The highest BCUT2D eigenvalue weighted by Crippen LogP contribution is 2.15. The van der Waals surface area contributed by atoms with Crippen molar-refractivity contribution in [1.29, 1.82) is 0 Å². The zero-order chi connectivity index (χ0) is 12.0. The molecule has 0 aliphatic carbocycles. The van der Waals surface area contributed by atoms with E-state index in [2.05, 4.69) is 37.2 Å². The van der Waals surface area contributed by atoms with Crippen LogP contribution in [0.3, 0.4) is 0 Å². The van der Waals surface area contributed by atoms with Gasteiger partial charge in [-0.25, -0.2) is 0 Å². The summed E-state index contributed by atoms with van der Waals surface area (Å²) in [5.74, 6) is 2.07. The number of rotatable bonds is 6. The molecule has 0 saturated carbocycles. The Morgan fingerprint density at radius 1 is 1.44 bits per heavy atom. The number of thioether (sulfide) groups is 1. The molecule has 1 fully saturated rings. The Kier molecular flexibility index (Phi) is 6.78. The van der Waals surface area contributed by atoms with Gasteiger partial charge < -0.3 is 5.32 Å². The number of hydrogen-bond acceptors (Lipinski definition) is 3. The van der Waals surface area contributed by atoms with E-state index in [0.29, 0.717) is 6.04 Å². The lowest BCUT2D eigenvalue weighted by atomic mass is 9.99. The molecule has 1 heterocycles. The first-order valence-electron chi connectivity index (χ1n) is 6.63. The molecular formula is C13H28N2S. The zero-order valence-corrected chi connectivity index (χ0v) is 12.1. The van der Waals surface area contributed by atoms with Gasteiger partial charge in [0.1, 0.15) is 0 Å². The van der Waals surface area contributed by atoms with Crippen LogP contribution in [0.2, 0.25) is 0 Å². The van der Waals surface area contributed by atoms with E-state index < -0.39 is 0 Å². The predicted molar refractivity (Wildman–Crippen MR) is 75.3 cm³/mol. The van der Waals surface area contributed by atoms with Crippen LogP contribution in [-0.4, -0.2) is 48.6 Å². The van der Waals surface area contributed by atoms with E-state index in [0.717, 1.165) is 12.0 Å². The summed E-state index contributed by atoms with van der Waals surface area (Å²) in [6.07, 6.45) is 4.79. The molecule has 16 heavy (non-hydrogen) atoms. The van der Waals surface area contributed by atoms with Crippen LogP contribution in [0.1, 0.15) is 33.6 Å². The van der Waals surface area contributed by atoms with Crippen LogP contribution in [0.5, 0.6) is 0 Å². The van der Waals surface area contributed by atoms with Gasteiger partial charge in [-0.15, -0.1) is 0 Å². The van der Waals surface area contributed by atoms with E-state index in [-0.39, 0.29) is 0 Å². The first-order chi connectivity index (χ1) is 7.67. The summed E-state index contributed by atoms with van der Waals surface area (Å²) in [5.41, 5.74) is 0. The molecule has 2 nitrogen and oxygen atoms in total. The fourth-order valence-corrected chi connectivity index (χ4v) is 2.96. The summed E-state index contributed by atoms with van der Waals surface area (Å²) in [5, 5.41) is 3.71. The topological polar surface area (TPSA) is 15.3 Å². The normalized spacial score (nSPS) is 27.6. The van der Waals surface area contributed by atoms with Crippen molar-refractivity contribution in [3.63, 3.8) is 0 Å². The lowest BCUT2D eigenvalue weighted by Crippen LogP contribution is -2.56. The second-order valence-electron chi connectivity index (χ2n) is 5.28. The number of hydrogen-bond donors (Lipinski definition) is 1. The van der Waals surface area contributed by atoms with Crippen LogP contribution in [0.25, 0.3) is 0 Å². The maximum atomic E-state index is 3.71. The summed E-state index contributed by atoms with van der Waals surface area (Å²) in [6, 6.07) is 1.47. The summed E-state index contributed by atoms with van der Waals surface area (Å²) in [4.78, 5) is 2.69. The Hall–Kier alpha value is 0.270. The number of piperazine rings is 1. The highest BCUT2D eigenvalue weighted by Gasteiger charge is 2.26. The number of nitrogens with one attached hydrogen (secondary N) is 1. The van der Waals surface area contributed by atoms with E-state index in [4.69, 9.17) is 0 Å². The summed E-state index contributed by atoms with van der Waals surface area (Å²) < 4.78 is 0. The van der Waals surface area contributed by atoms with Gasteiger partial charge in [-0.2, -0.15) is 11.8 Å². The minimum atomic E-state index is 0.713. The van der Waals surface area contributed by atoms with Crippen LogP contribution < -0.4 is 5.32 Å². The van der Waals surface area contributed by atoms with Crippen LogP contribution in [-0.2, 0) is 0 Å². The number of nitrogens with zero attached hydrogens (tertiary/aromatic N) is 1. The Morgan fingerprint density at radius 2 is 2.19 bits per heavy atom. The molecule has 1 saturated heterocycles. The average Bonchev–Trinajstić information content (AvgIpc) is 2.25. The Labute approximate surface area is 106 Å². The smallest absolute Gasteiger partial charge is 0.0219 e. The molecule has 0 amide bonds. The average molecular weight is 244 g/mol. The first-order valence-corrected chi connectivity index (χ1v) is 8.03. The molecule has 0 aromatic heterocycles. The van der Waals surface area contributed by atoms with Crippen LogP contribution in [0, 0.1) is 5.92 Å². The molecule has 0 bridgehead atoms. The van der Waals surface area contributed by atoms with E-state index in [1.165, 1.54) is 38.2 Å². The van der Waals surface area contributed by atoms with Crippen LogP contribution >= 0.6 is 11.8 Å². The molecule has 2 unspecified atom stereocenters. The van der Waals surface area contributed by atoms with Crippen molar-refractivity contribution in [2.75, 3.05) is 31.6 Å². The van der Waals surface area contributed by atoms with Crippen molar-refractivity contribution in [1.82, 2.24) is 10.2 Å². The quantitative estimate of drug-likeness (QED) is 0.772. The second kappa shape index (κ2) is 7.57. The molecule has 1 N–H and O–H groups in total. The van der Waals surface area contributed by atoms with E-state index in [1.807, 2.05) is 11.8 Å². The van der Waals surface area contributed by atoms with Gasteiger partial charge in [0.15, 0.2) is 0 Å². The van der Waals surface area contributed by atoms with E-state index >= 15 is 0 Å². The monoisotopic (exact) mass is 244 g/mol. The highest BCUT2D eigenvalue weighted by molar-refractivity contribution is 7.98. The highest BCUT2D eigenvalue weighted by atomic mass is 32.2. The van der Waals surface area contributed by atoms with Gasteiger partial charge in [-0.05, 0) is 25.0 Å². The molecule has 1 aliphatic rings. The molecule has 2 atom stereocenters. The maximum absolute atomic E-state index is 3.71. The van der Waals surface area contributed by atoms with E-state index in [9.17, 15) is 0 Å².